The zero-order valence-corrected chi connectivity index (χ0v) is 11.7. The molecule has 108 valence electrons. The smallest absolute Gasteiger partial charge is 0.415 e. The molecule has 2 N–H and O–H groups in total. The van der Waals surface area contributed by atoms with Crippen LogP contribution < -0.4 is 10.6 Å². The molecule has 0 radical (unpaired) electrons. The van der Waals surface area contributed by atoms with E-state index in [2.05, 4.69) is 0 Å². The summed E-state index contributed by atoms with van der Waals surface area (Å²) >= 11 is 0. The topological polar surface area (TPSA) is 89.7 Å². The maximum atomic E-state index is 12.0. The van der Waals surface area contributed by atoms with Crippen LogP contribution in [0.4, 0.5) is 16.2 Å². The van der Waals surface area contributed by atoms with Crippen LogP contribution >= 0.6 is 0 Å². The Kier molecular flexibility index (Phi) is 2.89. The molecule has 0 bridgehead atoms. The number of amides is 1. The van der Waals surface area contributed by atoms with E-state index in [9.17, 15) is 13.2 Å². The lowest BCUT2D eigenvalue weighted by Gasteiger charge is -2.30. The lowest BCUT2D eigenvalue weighted by Crippen LogP contribution is -2.42. The van der Waals surface area contributed by atoms with Crippen LogP contribution in [0, 0.1) is 0 Å². The third kappa shape index (κ3) is 2.33. The molecule has 0 saturated carbocycles. The van der Waals surface area contributed by atoms with E-state index >= 15 is 0 Å². The van der Waals surface area contributed by atoms with Gasteiger partial charge in [-0.15, -0.1) is 0 Å². The Morgan fingerprint density at radius 3 is 2.35 bits per heavy atom. The minimum absolute atomic E-state index is 0.0792. The van der Waals surface area contributed by atoms with Gasteiger partial charge in [0.05, 0.1) is 18.1 Å². The standard InChI is InChI=1S/C13H16N2O4S/c14-10-1-3-11(4-2-10)15-9-13(19-12(15)16)5-7-20(17,18)8-6-13/h1-4H,5-9,14H2. The third-order valence-electron chi connectivity index (χ3n) is 3.91. The normalized spacial score (nSPS) is 23.8. The Labute approximate surface area is 117 Å². The Hall–Kier alpha value is -1.76. The van der Waals surface area contributed by atoms with Crippen LogP contribution in [0.2, 0.25) is 0 Å². The molecule has 1 aromatic carbocycles. The maximum absolute atomic E-state index is 12.0. The van der Waals surface area contributed by atoms with E-state index in [1.54, 1.807) is 24.3 Å². The largest absolute Gasteiger partial charge is 0.441 e. The summed E-state index contributed by atoms with van der Waals surface area (Å²) in [6, 6.07) is 6.96. The predicted molar refractivity (Wildman–Crippen MR) is 75.3 cm³/mol. The zero-order valence-electron chi connectivity index (χ0n) is 10.9. The highest BCUT2D eigenvalue weighted by atomic mass is 32.2. The van der Waals surface area contributed by atoms with Crippen LogP contribution in [0.5, 0.6) is 0 Å². The van der Waals surface area contributed by atoms with Gasteiger partial charge < -0.3 is 10.5 Å². The van der Waals surface area contributed by atoms with Gasteiger partial charge >= 0.3 is 6.09 Å². The fourth-order valence-corrected chi connectivity index (χ4v) is 4.22. The molecule has 1 amide bonds. The Morgan fingerprint density at radius 2 is 1.75 bits per heavy atom. The number of anilines is 2. The third-order valence-corrected chi connectivity index (χ3v) is 5.56. The van der Waals surface area contributed by atoms with Crippen LogP contribution in [-0.2, 0) is 14.6 Å². The van der Waals surface area contributed by atoms with Gasteiger partial charge in [-0.2, -0.15) is 0 Å². The minimum atomic E-state index is -2.98. The van der Waals surface area contributed by atoms with E-state index in [0.29, 0.717) is 25.1 Å². The van der Waals surface area contributed by atoms with Crippen molar-refractivity contribution >= 4 is 27.3 Å². The van der Waals surface area contributed by atoms with Crippen LogP contribution in [0.25, 0.3) is 0 Å². The molecule has 0 unspecified atom stereocenters. The van der Waals surface area contributed by atoms with Crippen molar-refractivity contribution in [3.63, 3.8) is 0 Å². The fraction of sp³-hybridized carbons (Fsp3) is 0.462. The molecule has 2 fully saturated rings. The number of ether oxygens (including phenoxy) is 1. The number of benzene rings is 1. The molecule has 2 aliphatic heterocycles. The number of carbonyl (C=O) groups is 1. The summed E-state index contributed by atoms with van der Waals surface area (Å²) < 4.78 is 28.5. The summed E-state index contributed by atoms with van der Waals surface area (Å²) in [7, 11) is -2.98. The van der Waals surface area contributed by atoms with E-state index in [0.717, 1.165) is 5.69 Å². The fourth-order valence-electron chi connectivity index (χ4n) is 2.65. The number of nitrogen functional groups attached to an aromatic ring is 1. The predicted octanol–water partition coefficient (Wildman–Crippen LogP) is 1.17. The molecule has 6 nitrogen and oxygen atoms in total. The van der Waals surface area contributed by atoms with Gasteiger partial charge in [-0.25, -0.2) is 13.2 Å². The molecule has 0 aromatic heterocycles. The SMILES string of the molecule is Nc1ccc(N2CC3(CCS(=O)(=O)CC3)OC2=O)cc1. The first-order valence-corrected chi connectivity index (χ1v) is 8.28. The quantitative estimate of drug-likeness (QED) is 0.786. The number of sulfone groups is 1. The average Bonchev–Trinajstić information content (AvgIpc) is 2.72. The minimum Gasteiger partial charge on any atom is -0.441 e. The average molecular weight is 296 g/mol. The first-order valence-electron chi connectivity index (χ1n) is 6.46. The summed E-state index contributed by atoms with van der Waals surface area (Å²) in [5.41, 5.74) is 6.30. The Bertz CT molecular complexity index is 625. The number of hydrogen-bond acceptors (Lipinski definition) is 5. The molecule has 3 rings (SSSR count). The monoisotopic (exact) mass is 296 g/mol. The van der Waals surface area contributed by atoms with Crippen molar-refractivity contribution in [3.8, 4) is 0 Å². The lowest BCUT2D eigenvalue weighted by molar-refractivity contribution is 0.0487. The lowest BCUT2D eigenvalue weighted by atomic mass is 9.97. The van der Waals surface area contributed by atoms with Crippen LogP contribution in [0.1, 0.15) is 12.8 Å². The molecule has 0 aliphatic carbocycles. The highest BCUT2D eigenvalue weighted by molar-refractivity contribution is 7.91. The summed E-state index contributed by atoms with van der Waals surface area (Å²) in [6.07, 6.45) is 0.313. The van der Waals surface area contributed by atoms with E-state index in [1.165, 1.54) is 4.90 Å². The van der Waals surface area contributed by atoms with Gasteiger partial charge in [-0.3, -0.25) is 4.90 Å². The van der Waals surface area contributed by atoms with Gasteiger partial charge in [0.2, 0.25) is 0 Å². The van der Waals surface area contributed by atoms with Gasteiger partial charge in [-0.1, -0.05) is 0 Å². The number of hydrogen-bond donors (Lipinski definition) is 1. The van der Waals surface area contributed by atoms with E-state index in [-0.39, 0.29) is 11.5 Å². The highest BCUT2D eigenvalue weighted by Gasteiger charge is 2.48. The Balaban J connectivity index is 1.80. The molecule has 2 heterocycles. The number of nitrogens with two attached hydrogens (primary N) is 1. The van der Waals surface area contributed by atoms with Gasteiger partial charge in [0.15, 0.2) is 9.84 Å². The van der Waals surface area contributed by atoms with E-state index in [4.69, 9.17) is 10.5 Å². The first-order chi connectivity index (χ1) is 9.39. The molecule has 2 saturated heterocycles. The van der Waals surface area contributed by atoms with Crippen molar-refractivity contribution in [2.45, 2.75) is 18.4 Å². The van der Waals surface area contributed by atoms with Crippen molar-refractivity contribution in [2.24, 2.45) is 0 Å². The van der Waals surface area contributed by atoms with E-state index in [1.807, 2.05) is 0 Å². The molecule has 7 heteroatoms. The summed E-state index contributed by atoms with van der Waals surface area (Å²) in [5.74, 6) is 0.158. The highest BCUT2D eigenvalue weighted by Crippen LogP contribution is 2.36. The van der Waals surface area contributed by atoms with Gasteiger partial charge in [-0.05, 0) is 24.3 Å². The summed E-state index contributed by atoms with van der Waals surface area (Å²) in [6.45, 7) is 0.394. The van der Waals surface area contributed by atoms with E-state index < -0.39 is 21.5 Å². The number of rotatable bonds is 1. The van der Waals surface area contributed by atoms with Gasteiger partial charge in [0.25, 0.3) is 0 Å². The van der Waals surface area contributed by atoms with Crippen molar-refractivity contribution in [1.29, 1.82) is 0 Å². The summed E-state index contributed by atoms with van der Waals surface area (Å²) in [5, 5.41) is 0. The van der Waals surface area contributed by atoms with Gasteiger partial charge in [0, 0.05) is 24.2 Å². The number of carbonyl (C=O) groups excluding carboxylic acids is 1. The Morgan fingerprint density at radius 1 is 1.15 bits per heavy atom. The van der Waals surface area contributed by atoms with Crippen molar-refractivity contribution in [2.75, 3.05) is 28.7 Å². The molecule has 0 atom stereocenters. The zero-order chi connectivity index (χ0) is 14.4. The summed E-state index contributed by atoms with van der Waals surface area (Å²) in [4.78, 5) is 13.6. The van der Waals surface area contributed by atoms with Crippen molar-refractivity contribution in [1.82, 2.24) is 0 Å². The van der Waals surface area contributed by atoms with Crippen molar-refractivity contribution in [3.05, 3.63) is 24.3 Å². The number of nitrogens with zero attached hydrogens (tertiary/aromatic N) is 1. The molecular weight excluding hydrogens is 280 g/mol. The van der Waals surface area contributed by atoms with Crippen LogP contribution in [0.15, 0.2) is 24.3 Å². The molecule has 1 aromatic rings. The second-order valence-corrected chi connectivity index (χ2v) is 7.68. The maximum Gasteiger partial charge on any atom is 0.415 e. The second-order valence-electron chi connectivity index (χ2n) is 5.38. The van der Waals surface area contributed by atoms with Crippen LogP contribution in [0.3, 0.4) is 0 Å². The van der Waals surface area contributed by atoms with Crippen molar-refractivity contribution < 1.29 is 17.9 Å². The van der Waals surface area contributed by atoms with Crippen LogP contribution in [-0.4, -0.2) is 38.2 Å². The molecule has 20 heavy (non-hydrogen) atoms. The molecular formula is C13H16N2O4S. The molecule has 1 spiro atoms. The second kappa shape index (κ2) is 4.37. The first kappa shape index (κ1) is 13.2. The van der Waals surface area contributed by atoms with Gasteiger partial charge in [0.1, 0.15) is 5.60 Å². The molecule has 2 aliphatic rings.